The molecule has 5 heteroatoms. The maximum atomic E-state index is 12.2. The van der Waals surface area contributed by atoms with E-state index < -0.39 is 5.60 Å². The molecule has 2 aliphatic rings. The van der Waals surface area contributed by atoms with Gasteiger partial charge in [0.2, 0.25) is 0 Å². The van der Waals surface area contributed by atoms with Crippen LogP contribution in [0.2, 0.25) is 0 Å². The molecule has 0 radical (unpaired) electrons. The average molecular weight is 350 g/mol. The van der Waals surface area contributed by atoms with Gasteiger partial charge in [-0.2, -0.15) is 0 Å². The lowest BCUT2D eigenvalue weighted by atomic mass is 9.80. The van der Waals surface area contributed by atoms with Crippen molar-refractivity contribution in [2.75, 3.05) is 0 Å². The SMILES string of the molecule is CCC(=O)O[C@@H]1C[C@H](C)[C@H]2CC(=O)C(C)=C2C[C@@H]1C(C)(C)OC(C)=O. The number of allylic oxidation sites excluding steroid dienone is 2. The highest BCUT2D eigenvalue weighted by molar-refractivity contribution is 5.98. The van der Waals surface area contributed by atoms with E-state index in [0.717, 1.165) is 11.1 Å². The van der Waals surface area contributed by atoms with Crippen LogP contribution in [0.5, 0.6) is 0 Å². The van der Waals surface area contributed by atoms with E-state index in [-0.39, 0.29) is 41.6 Å². The van der Waals surface area contributed by atoms with E-state index in [9.17, 15) is 14.4 Å². The lowest BCUT2D eigenvalue weighted by molar-refractivity contribution is -0.171. The minimum absolute atomic E-state index is 0.171. The zero-order valence-electron chi connectivity index (χ0n) is 16.2. The Bertz CT molecular complexity index is 601. The predicted octanol–water partition coefficient (Wildman–Crippen LogP) is 3.60. The second kappa shape index (κ2) is 7.30. The Labute approximate surface area is 150 Å². The van der Waals surface area contributed by atoms with E-state index in [2.05, 4.69) is 6.92 Å². The zero-order valence-corrected chi connectivity index (χ0v) is 16.2. The fourth-order valence-electron chi connectivity index (χ4n) is 4.37. The van der Waals surface area contributed by atoms with Gasteiger partial charge in [0.15, 0.2) is 5.78 Å². The summed E-state index contributed by atoms with van der Waals surface area (Å²) in [7, 11) is 0. The standard InChI is InChI=1S/C20H30O5/c1-7-19(23)24-18-8-11(2)14-10-17(22)12(3)15(14)9-16(18)20(5,6)25-13(4)21/h11,14,16,18H,7-10H2,1-6H3/t11-,14+,16-,18+/m0/s1. The van der Waals surface area contributed by atoms with Crippen LogP contribution in [0.25, 0.3) is 0 Å². The summed E-state index contributed by atoms with van der Waals surface area (Å²) in [6, 6.07) is 0. The average Bonchev–Trinajstić information content (AvgIpc) is 2.69. The Hall–Kier alpha value is -1.65. The number of Topliss-reactive ketones (excluding diaryl/α,β-unsaturated/α-hetero) is 1. The molecular weight excluding hydrogens is 320 g/mol. The normalized spacial score (nSPS) is 29.9. The Balaban J connectivity index is 2.42. The number of hydrogen-bond donors (Lipinski definition) is 0. The van der Waals surface area contributed by atoms with Gasteiger partial charge >= 0.3 is 11.9 Å². The summed E-state index contributed by atoms with van der Waals surface area (Å²) in [6.45, 7) is 10.9. The highest BCUT2D eigenvalue weighted by atomic mass is 16.6. The molecule has 0 bridgehead atoms. The smallest absolute Gasteiger partial charge is 0.305 e. The number of rotatable bonds is 4. The van der Waals surface area contributed by atoms with Crippen LogP contribution < -0.4 is 0 Å². The number of esters is 2. The van der Waals surface area contributed by atoms with Gasteiger partial charge in [0, 0.05) is 25.7 Å². The molecule has 2 aliphatic carbocycles. The van der Waals surface area contributed by atoms with Crippen molar-refractivity contribution in [2.24, 2.45) is 17.8 Å². The van der Waals surface area contributed by atoms with Crippen LogP contribution in [-0.2, 0) is 23.9 Å². The summed E-state index contributed by atoms with van der Waals surface area (Å²) >= 11 is 0. The quantitative estimate of drug-likeness (QED) is 0.725. The molecule has 140 valence electrons. The third-order valence-electron chi connectivity index (χ3n) is 5.80. The molecule has 1 saturated carbocycles. The molecular formula is C20H30O5. The number of hydrogen-bond acceptors (Lipinski definition) is 5. The summed E-state index contributed by atoms with van der Waals surface area (Å²) in [6.07, 6.45) is 1.83. The fourth-order valence-corrected chi connectivity index (χ4v) is 4.37. The Morgan fingerprint density at radius 3 is 2.44 bits per heavy atom. The molecule has 0 saturated heterocycles. The van der Waals surface area contributed by atoms with E-state index in [0.29, 0.717) is 25.7 Å². The molecule has 0 aromatic heterocycles. The van der Waals surface area contributed by atoms with Crippen molar-refractivity contribution in [3.05, 3.63) is 11.1 Å². The van der Waals surface area contributed by atoms with Gasteiger partial charge in [-0.15, -0.1) is 0 Å². The molecule has 0 amide bonds. The third kappa shape index (κ3) is 4.13. The lowest BCUT2D eigenvalue weighted by Crippen LogP contribution is -2.44. The first-order chi connectivity index (χ1) is 11.6. The Morgan fingerprint density at radius 2 is 1.88 bits per heavy atom. The van der Waals surface area contributed by atoms with Gasteiger partial charge in [0.05, 0.1) is 0 Å². The Kier molecular flexibility index (Phi) is 5.75. The number of carbonyl (C=O) groups excluding carboxylic acids is 3. The molecule has 25 heavy (non-hydrogen) atoms. The van der Waals surface area contributed by atoms with Gasteiger partial charge in [-0.1, -0.05) is 19.4 Å². The first kappa shape index (κ1) is 19.7. The van der Waals surface area contributed by atoms with Crippen molar-refractivity contribution in [3.63, 3.8) is 0 Å². The zero-order chi connectivity index (χ0) is 18.9. The molecule has 5 nitrogen and oxygen atoms in total. The first-order valence-electron chi connectivity index (χ1n) is 9.18. The third-order valence-corrected chi connectivity index (χ3v) is 5.80. The summed E-state index contributed by atoms with van der Waals surface area (Å²) in [5, 5.41) is 0. The maximum absolute atomic E-state index is 12.2. The fraction of sp³-hybridized carbons (Fsp3) is 0.750. The number of carbonyl (C=O) groups is 3. The monoisotopic (exact) mass is 350 g/mol. The molecule has 0 aliphatic heterocycles. The van der Waals surface area contributed by atoms with Gasteiger partial charge in [-0.3, -0.25) is 14.4 Å². The van der Waals surface area contributed by atoms with Crippen LogP contribution in [0.15, 0.2) is 11.1 Å². The van der Waals surface area contributed by atoms with Crippen LogP contribution in [0.1, 0.15) is 67.2 Å². The van der Waals surface area contributed by atoms with E-state index in [1.807, 2.05) is 20.8 Å². The second-order valence-electron chi connectivity index (χ2n) is 7.99. The van der Waals surface area contributed by atoms with Crippen LogP contribution in [0, 0.1) is 17.8 Å². The van der Waals surface area contributed by atoms with Gasteiger partial charge in [-0.25, -0.2) is 0 Å². The van der Waals surface area contributed by atoms with Gasteiger partial charge in [0.1, 0.15) is 11.7 Å². The largest absolute Gasteiger partial charge is 0.462 e. The molecule has 0 aromatic carbocycles. The summed E-state index contributed by atoms with van der Waals surface area (Å²) in [5.41, 5.74) is 1.21. The molecule has 4 atom stereocenters. The molecule has 1 fully saturated rings. The summed E-state index contributed by atoms with van der Waals surface area (Å²) in [5.74, 6) is -0.116. The van der Waals surface area contributed by atoms with Crippen molar-refractivity contribution < 1.29 is 23.9 Å². The van der Waals surface area contributed by atoms with E-state index in [4.69, 9.17) is 9.47 Å². The van der Waals surface area contributed by atoms with E-state index in [1.165, 1.54) is 6.92 Å². The molecule has 2 rings (SSSR count). The molecule has 0 N–H and O–H groups in total. The molecule has 0 heterocycles. The number of ketones is 1. The molecule has 0 unspecified atom stereocenters. The highest BCUT2D eigenvalue weighted by Crippen LogP contribution is 2.47. The van der Waals surface area contributed by atoms with Gasteiger partial charge in [-0.05, 0) is 51.0 Å². The molecule has 0 aromatic rings. The van der Waals surface area contributed by atoms with Crippen LogP contribution >= 0.6 is 0 Å². The predicted molar refractivity (Wildman–Crippen MR) is 93.7 cm³/mol. The lowest BCUT2D eigenvalue weighted by Gasteiger charge is -2.38. The van der Waals surface area contributed by atoms with Crippen LogP contribution in [-0.4, -0.2) is 29.4 Å². The van der Waals surface area contributed by atoms with Crippen LogP contribution in [0.4, 0.5) is 0 Å². The summed E-state index contributed by atoms with van der Waals surface area (Å²) < 4.78 is 11.3. The van der Waals surface area contributed by atoms with Crippen molar-refractivity contribution in [1.29, 1.82) is 0 Å². The topological polar surface area (TPSA) is 69.7 Å². The first-order valence-corrected chi connectivity index (χ1v) is 9.18. The molecule has 0 spiro atoms. The second-order valence-corrected chi connectivity index (χ2v) is 7.99. The van der Waals surface area contributed by atoms with Gasteiger partial charge < -0.3 is 9.47 Å². The van der Waals surface area contributed by atoms with Crippen molar-refractivity contribution in [3.8, 4) is 0 Å². The van der Waals surface area contributed by atoms with E-state index in [1.54, 1.807) is 6.92 Å². The van der Waals surface area contributed by atoms with Gasteiger partial charge in [0.25, 0.3) is 0 Å². The number of fused-ring (bicyclic) bond motifs is 1. The van der Waals surface area contributed by atoms with Crippen LogP contribution in [0.3, 0.4) is 0 Å². The van der Waals surface area contributed by atoms with Crippen molar-refractivity contribution in [2.45, 2.75) is 78.9 Å². The minimum Gasteiger partial charge on any atom is -0.462 e. The Morgan fingerprint density at radius 1 is 1.24 bits per heavy atom. The van der Waals surface area contributed by atoms with E-state index >= 15 is 0 Å². The van der Waals surface area contributed by atoms with Crippen molar-refractivity contribution in [1.82, 2.24) is 0 Å². The van der Waals surface area contributed by atoms with Crippen molar-refractivity contribution >= 4 is 17.7 Å². The highest BCUT2D eigenvalue weighted by Gasteiger charge is 2.47. The minimum atomic E-state index is -0.780. The number of ether oxygens (including phenoxy) is 2. The summed E-state index contributed by atoms with van der Waals surface area (Å²) in [4.78, 5) is 35.8. The maximum Gasteiger partial charge on any atom is 0.305 e.